The molecule has 1 heterocycles. The van der Waals surface area contributed by atoms with Crippen LogP contribution in [0.3, 0.4) is 0 Å². The number of nitrogens with zero attached hydrogens (tertiary/aromatic N) is 4. The van der Waals surface area contributed by atoms with Crippen molar-refractivity contribution in [2.45, 2.75) is 38.5 Å². The van der Waals surface area contributed by atoms with Crippen molar-refractivity contribution in [1.82, 2.24) is 9.97 Å². The molecule has 6 nitrogen and oxygen atoms in total. The predicted molar refractivity (Wildman–Crippen MR) is 112 cm³/mol. The molecule has 7 heteroatoms. The van der Waals surface area contributed by atoms with Crippen molar-refractivity contribution in [3.8, 4) is 11.3 Å². The number of allylic oxidation sites excluding steroid dienone is 1. The van der Waals surface area contributed by atoms with E-state index < -0.39 is 0 Å². The molecule has 28 heavy (non-hydrogen) atoms. The molecule has 0 atom stereocenters. The van der Waals surface area contributed by atoms with E-state index in [1.807, 2.05) is 6.07 Å². The molecule has 1 aromatic heterocycles. The molecule has 1 aromatic carbocycles. The minimum atomic E-state index is -0.267. The van der Waals surface area contributed by atoms with Gasteiger partial charge in [0, 0.05) is 23.9 Å². The van der Waals surface area contributed by atoms with Crippen molar-refractivity contribution in [1.29, 1.82) is 0 Å². The maximum Gasteiger partial charge on any atom is 0.141 e. The summed E-state index contributed by atoms with van der Waals surface area (Å²) >= 11 is 0. The first-order valence-corrected chi connectivity index (χ1v) is 9.33. The fourth-order valence-electron chi connectivity index (χ4n) is 3.27. The molecule has 0 spiro atoms. The minimum Gasteiger partial charge on any atom is -0.384 e. The van der Waals surface area contributed by atoms with Gasteiger partial charge in [-0.25, -0.2) is 9.37 Å². The molecule has 2 aromatic rings. The summed E-state index contributed by atoms with van der Waals surface area (Å²) in [6, 6.07) is 3.79. The smallest absolute Gasteiger partial charge is 0.141 e. The van der Waals surface area contributed by atoms with Crippen molar-refractivity contribution < 1.29 is 4.39 Å². The highest BCUT2D eigenvalue weighted by molar-refractivity contribution is 5.92. The Morgan fingerprint density at radius 1 is 1.32 bits per heavy atom. The Kier molecular flexibility index (Phi) is 6.13. The van der Waals surface area contributed by atoms with Gasteiger partial charge in [-0.1, -0.05) is 12.5 Å². The number of rotatable bonds is 7. The van der Waals surface area contributed by atoms with E-state index in [1.165, 1.54) is 18.8 Å². The van der Waals surface area contributed by atoms with Crippen molar-refractivity contribution in [2.75, 3.05) is 12.3 Å². The maximum absolute atomic E-state index is 15.4. The number of nitrogens with two attached hydrogens (primary N) is 2. The third-order valence-electron chi connectivity index (χ3n) is 5.03. The zero-order valence-electron chi connectivity index (χ0n) is 16.0. The molecule has 4 N–H and O–H groups in total. The van der Waals surface area contributed by atoms with Crippen LogP contribution in [0, 0.1) is 5.82 Å². The lowest BCUT2D eigenvalue weighted by Gasteiger charge is -2.28. The van der Waals surface area contributed by atoms with E-state index in [2.05, 4.69) is 26.7 Å². The van der Waals surface area contributed by atoms with E-state index in [9.17, 15) is 0 Å². The molecule has 1 aliphatic rings. The van der Waals surface area contributed by atoms with Gasteiger partial charge in [-0.15, -0.1) is 0 Å². The van der Waals surface area contributed by atoms with E-state index in [-0.39, 0.29) is 5.82 Å². The number of benzene rings is 1. The predicted octanol–water partition coefficient (Wildman–Crippen LogP) is 3.64. The first-order valence-electron chi connectivity index (χ1n) is 9.33. The van der Waals surface area contributed by atoms with Crippen LogP contribution >= 0.6 is 0 Å². The number of anilines is 1. The standard InChI is InChI=1S/C21H25FN6/c1-13(25-2)10-19(23)26-9-8-16-15(14-4-3-5-14)6-7-17(21(16)22)18-11-28-20(24)12-27-18/h6-7,10-12,14H,2-5,8-9H2,1H3,(H2,23,26)(H2,24,28)/b13-10-. The van der Waals surface area contributed by atoms with E-state index in [0.29, 0.717) is 53.1 Å². The second-order valence-corrected chi connectivity index (χ2v) is 6.95. The molecule has 0 aliphatic heterocycles. The molecule has 0 unspecified atom stereocenters. The summed E-state index contributed by atoms with van der Waals surface area (Å²) in [4.78, 5) is 16.3. The molecule has 0 bridgehead atoms. The Morgan fingerprint density at radius 3 is 2.71 bits per heavy atom. The van der Waals surface area contributed by atoms with Crippen molar-refractivity contribution >= 4 is 18.4 Å². The molecule has 1 fully saturated rings. The second-order valence-electron chi connectivity index (χ2n) is 6.95. The highest BCUT2D eigenvalue weighted by Crippen LogP contribution is 2.40. The van der Waals surface area contributed by atoms with Crippen LogP contribution in [-0.4, -0.2) is 29.1 Å². The molecule has 0 amide bonds. The van der Waals surface area contributed by atoms with E-state index in [0.717, 1.165) is 18.4 Å². The van der Waals surface area contributed by atoms with Gasteiger partial charge >= 0.3 is 0 Å². The van der Waals surface area contributed by atoms with E-state index in [1.54, 1.807) is 19.1 Å². The zero-order valence-corrected chi connectivity index (χ0v) is 16.0. The number of hydrogen-bond donors (Lipinski definition) is 2. The third-order valence-corrected chi connectivity index (χ3v) is 5.03. The quantitative estimate of drug-likeness (QED) is 0.565. The Morgan fingerprint density at radius 2 is 2.11 bits per heavy atom. The van der Waals surface area contributed by atoms with Crippen molar-refractivity contribution in [3.05, 3.63) is 53.2 Å². The van der Waals surface area contributed by atoms with Crippen LogP contribution in [0.2, 0.25) is 0 Å². The maximum atomic E-state index is 15.4. The van der Waals surface area contributed by atoms with Crippen LogP contribution in [0.4, 0.5) is 10.2 Å². The lowest BCUT2D eigenvalue weighted by atomic mass is 9.77. The summed E-state index contributed by atoms with van der Waals surface area (Å²) in [6.07, 6.45) is 8.39. The summed E-state index contributed by atoms with van der Waals surface area (Å²) in [5.41, 5.74) is 14.8. The highest BCUT2D eigenvalue weighted by atomic mass is 19.1. The summed E-state index contributed by atoms with van der Waals surface area (Å²) < 4.78 is 15.4. The van der Waals surface area contributed by atoms with Gasteiger partial charge in [0.2, 0.25) is 0 Å². The summed E-state index contributed by atoms with van der Waals surface area (Å²) in [7, 11) is 0. The van der Waals surface area contributed by atoms with Gasteiger partial charge in [-0.2, -0.15) is 0 Å². The van der Waals surface area contributed by atoms with Gasteiger partial charge in [0.1, 0.15) is 17.5 Å². The van der Waals surface area contributed by atoms with Crippen LogP contribution < -0.4 is 11.5 Å². The molecule has 1 saturated carbocycles. The zero-order chi connectivity index (χ0) is 20.1. The molecule has 146 valence electrons. The van der Waals surface area contributed by atoms with Crippen LogP contribution in [0.15, 0.2) is 46.3 Å². The highest BCUT2D eigenvalue weighted by Gasteiger charge is 2.25. The largest absolute Gasteiger partial charge is 0.384 e. The van der Waals surface area contributed by atoms with Crippen LogP contribution in [0.5, 0.6) is 0 Å². The molecule has 3 rings (SSSR count). The van der Waals surface area contributed by atoms with E-state index in [4.69, 9.17) is 11.5 Å². The Hall–Kier alpha value is -3.09. The van der Waals surface area contributed by atoms with Gasteiger partial charge in [0.25, 0.3) is 0 Å². The van der Waals surface area contributed by atoms with Gasteiger partial charge in [-0.05, 0) is 56.0 Å². The van der Waals surface area contributed by atoms with Gasteiger partial charge in [-0.3, -0.25) is 15.0 Å². The summed E-state index contributed by atoms with van der Waals surface area (Å²) in [5.74, 6) is 0.801. The fraction of sp³-hybridized carbons (Fsp3) is 0.333. The normalized spacial score (nSPS) is 15.4. The molecule has 1 aliphatic carbocycles. The molecular weight excluding hydrogens is 355 g/mol. The summed E-state index contributed by atoms with van der Waals surface area (Å²) in [5, 5.41) is 0. The Balaban J connectivity index is 1.90. The van der Waals surface area contributed by atoms with Gasteiger partial charge in [0.15, 0.2) is 0 Å². The number of amidine groups is 1. The molecule has 0 radical (unpaired) electrons. The fourth-order valence-corrected chi connectivity index (χ4v) is 3.27. The number of aliphatic imine (C=N–C) groups is 2. The van der Waals surface area contributed by atoms with E-state index >= 15 is 4.39 Å². The van der Waals surface area contributed by atoms with Crippen molar-refractivity contribution in [3.63, 3.8) is 0 Å². The minimum absolute atomic E-state index is 0.267. The second kappa shape index (κ2) is 8.73. The Bertz CT molecular complexity index is 913. The molecular formula is C21H25FN6. The first kappa shape index (κ1) is 19.7. The lowest BCUT2D eigenvalue weighted by Crippen LogP contribution is -2.15. The van der Waals surface area contributed by atoms with Gasteiger partial charge in [0.05, 0.1) is 18.1 Å². The van der Waals surface area contributed by atoms with Crippen LogP contribution in [-0.2, 0) is 6.42 Å². The Labute approximate surface area is 164 Å². The van der Waals surface area contributed by atoms with Gasteiger partial charge < -0.3 is 11.5 Å². The number of aromatic nitrogens is 2. The van der Waals surface area contributed by atoms with Crippen molar-refractivity contribution in [2.24, 2.45) is 15.7 Å². The van der Waals surface area contributed by atoms with Crippen LogP contribution in [0.1, 0.15) is 43.2 Å². The molecule has 0 saturated heterocycles. The first-order chi connectivity index (χ1) is 13.5. The summed E-state index contributed by atoms with van der Waals surface area (Å²) in [6.45, 7) is 5.63. The number of hydrogen-bond acceptors (Lipinski definition) is 5. The topological polar surface area (TPSA) is 103 Å². The average molecular weight is 380 g/mol. The number of nitrogen functional groups attached to an aromatic ring is 1. The lowest BCUT2D eigenvalue weighted by molar-refractivity contribution is 0.414. The SMILES string of the molecule is C=N/C(C)=C\C(N)=NCCc1c(C2CCC2)ccc(-c2cnc(N)cn2)c1F. The van der Waals surface area contributed by atoms with Crippen LogP contribution in [0.25, 0.3) is 11.3 Å². The monoisotopic (exact) mass is 380 g/mol. The average Bonchev–Trinajstić information content (AvgIpc) is 2.63. The number of halogens is 1. The third kappa shape index (κ3) is 4.42.